The Labute approximate surface area is 129 Å². The van der Waals surface area contributed by atoms with E-state index in [1.54, 1.807) is 0 Å². The number of rotatable bonds is 2. The van der Waals surface area contributed by atoms with Gasteiger partial charge in [0.25, 0.3) is 0 Å². The predicted octanol–water partition coefficient (Wildman–Crippen LogP) is 2.87. The molecule has 0 spiro atoms. The SMILES string of the molecule is Cc1ccc2[nH]c(=S)n(CC3CN4CCCC4CO3)c2c1. The molecule has 21 heavy (non-hydrogen) atoms. The van der Waals surface area contributed by atoms with Crippen molar-refractivity contribution in [2.75, 3.05) is 19.7 Å². The number of aromatic nitrogens is 2. The molecule has 4 rings (SSSR count). The van der Waals surface area contributed by atoms with E-state index in [4.69, 9.17) is 17.0 Å². The van der Waals surface area contributed by atoms with Gasteiger partial charge < -0.3 is 14.3 Å². The standard InChI is InChI=1S/C16H21N3OS/c1-11-4-5-14-15(7-11)19(16(21)17-14)9-13-8-18-6-2-3-12(18)10-20-13/h4-5,7,12-13H,2-3,6,8-10H2,1H3,(H,17,21). The molecule has 2 aliphatic heterocycles. The molecule has 2 fully saturated rings. The van der Waals surface area contributed by atoms with Crippen LogP contribution in [0.25, 0.3) is 11.0 Å². The number of H-pyrrole nitrogens is 1. The van der Waals surface area contributed by atoms with E-state index in [1.165, 1.54) is 30.5 Å². The van der Waals surface area contributed by atoms with Gasteiger partial charge >= 0.3 is 0 Å². The number of ether oxygens (including phenoxy) is 1. The van der Waals surface area contributed by atoms with Crippen LogP contribution in [0, 0.1) is 11.7 Å². The van der Waals surface area contributed by atoms with E-state index in [2.05, 4.69) is 39.6 Å². The summed E-state index contributed by atoms with van der Waals surface area (Å²) < 4.78 is 9.06. The lowest BCUT2D eigenvalue weighted by atomic mass is 10.2. The Hall–Kier alpha value is -1.17. The van der Waals surface area contributed by atoms with Crippen molar-refractivity contribution < 1.29 is 4.74 Å². The molecular formula is C16H21N3OS. The Morgan fingerprint density at radius 3 is 3.24 bits per heavy atom. The summed E-state index contributed by atoms with van der Waals surface area (Å²) in [6, 6.07) is 7.07. The molecule has 0 bridgehead atoms. The number of aryl methyl sites for hydroxylation is 1. The first kappa shape index (κ1) is 13.5. The molecule has 0 saturated carbocycles. The van der Waals surface area contributed by atoms with Crippen molar-refractivity contribution >= 4 is 23.3 Å². The summed E-state index contributed by atoms with van der Waals surface area (Å²) in [5.41, 5.74) is 3.56. The monoisotopic (exact) mass is 303 g/mol. The van der Waals surface area contributed by atoms with Crippen molar-refractivity contribution in [3.63, 3.8) is 0 Å². The first-order chi connectivity index (χ1) is 10.2. The predicted molar refractivity (Wildman–Crippen MR) is 86.2 cm³/mol. The fourth-order valence-corrected chi connectivity index (χ4v) is 3.93. The lowest BCUT2D eigenvalue weighted by Crippen LogP contribution is -2.47. The van der Waals surface area contributed by atoms with Crippen LogP contribution in [0.1, 0.15) is 18.4 Å². The van der Waals surface area contributed by atoms with Crippen LogP contribution < -0.4 is 0 Å². The zero-order valence-electron chi connectivity index (χ0n) is 12.3. The van der Waals surface area contributed by atoms with Gasteiger partial charge in [-0.25, -0.2) is 0 Å². The highest BCUT2D eigenvalue weighted by Crippen LogP contribution is 2.24. The number of hydrogen-bond acceptors (Lipinski definition) is 3. The van der Waals surface area contributed by atoms with E-state index in [-0.39, 0.29) is 6.10 Å². The first-order valence-electron chi connectivity index (χ1n) is 7.75. The largest absolute Gasteiger partial charge is 0.373 e. The fourth-order valence-electron chi connectivity index (χ4n) is 3.64. The lowest BCUT2D eigenvalue weighted by Gasteiger charge is -2.35. The van der Waals surface area contributed by atoms with Crippen LogP contribution >= 0.6 is 12.2 Å². The molecule has 2 unspecified atom stereocenters. The van der Waals surface area contributed by atoms with Gasteiger partial charge in [0, 0.05) is 12.6 Å². The fraction of sp³-hybridized carbons (Fsp3) is 0.562. The van der Waals surface area contributed by atoms with Crippen molar-refractivity contribution in [3.05, 3.63) is 28.5 Å². The van der Waals surface area contributed by atoms with Gasteiger partial charge in [-0.15, -0.1) is 0 Å². The number of nitrogens with one attached hydrogen (secondary N) is 1. The molecule has 2 aromatic rings. The van der Waals surface area contributed by atoms with Gasteiger partial charge in [-0.05, 0) is 56.2 Å². The van der Waals surface area contributed by atoms with E-state index < -0.39 is 0 Å². The highest BCUT2D eigenvalue weighted by atomic mass is 32.1. The van der Waals surface area contributed by atoms with Gasteiger partial charge in [-0.2, -0.15) is 0 Å². The Morgan fingerprint density at radius 2 is 2.33 bits per heavy atom. The van der Waals surface area contributed by atoms with Crippen LogP contribution in [-0.4, -0.2) is 46.3 Å². The van der Waals surface area contributed by atoms with Crippen LogP contribution in [0.3, 0.4) is 0 Å². The number of imidazole rings is 1. The van der Waals surface area contributed by atoms with Crippen molar-refractivity contribution in [1.29, 1.82) is 0 Å². The number of fused-ring (bicyclic) bond motifs is 2. The second-order valence-corrected chi connectivity index (χ2v) is 6.69. The van der Waals surface area contributed by atoms with E-state index in [0.29, 0.717) is 6.04 Å². The van der Waals surface area contributed by atoms with E-state index in [1.807, 2.05) is 0 Å². The van der Waals surface area contributed by atoms with E-state index >= 15 is 0 Å². The molecule has 1 aromatic heterocycles. The number of morpholine rings is 1. The Kier molecular flexibility index (Phi) is 3.36. The molecule has 1 aromatic carbocycles. The Morgan fingerprint density at radius 1 is 1.43 bits per heavy atom. The summed E-state index contributed by atoms with van der Waals surface area (Å²) in [6.45, 7) is 6.09. The molecule has 3 heterocycles. The summed E-state index contributed by atoms with van der Waals surface area (Å²) in [6.07, 6.45) is 2.84. The normalized spacial score (nSPS) is 26.3. The minimum atomic E-state index is 0.241. The summed E-state index contributed by atoms with van der Waals surface area (Å²) >= 11 is 5.50. The van der Waals surface area contributed by atoms with Crippen LogP contribution in [0.5, 0.6) is 0 Å². The maximum atomic E-state index is 6.08. The second kappa shape index (κ2) is 5.23. The average Bonchev–Trinajstić information content (AvgIpc) is 3.04. The zero-order chi connectivity index (χ0) is 14.4. The van der Waals surface area contributed by atoms with Crippen LogP contribution in [0.15, 0.2) is 18.2 Å². The Bertz CT molecular complexity index is 720. The molecule has 112 valence electrons. The van der Waals surface area contributed by atoms with Crippen molar-refractivity contribution in [2.24, 2.45) is 0 Å². The first-order valence-corrected chi connectivity index (χ1v) is 8.16. The third-order valence-electron chi connectivity index (χ3n) is 4.78. The third-order valence-corrected chi connectivity index (χ3v) is 5.10. The van der Waals surface area contributed by atoms with Gasteiger partial charge in [0.2, 0.25) is 0 Å². The number of aromatic amines is 1. The van der Waals surface area contributed by atoms with Crippen LogP contribution in [0.2, 0.25) is 0 Å². The van der Waals surface area contributed by atoms with E-state index in [0.717, 1.165) is 30.0 Å². The summed E-state index contributed by atoms with van der Waals surface area (Å²) in [5.74, 6) is 0. The van der Waals surface area contributed by atoms with Crippen molar-refractivity contribution in [1.82, 2.24) is 14.5 Å². The van der Waals surface area contributed by atoms with Crippen LogP contribution in [-0.2, 0) is 11.3 Å². The van der Waals surface area contributed by atoms with Gasteiger partial charge in [-0.3, -0.25) is 4.90 Å². The van der Waals surface area contributed by atoms with Gasteiger partial charge in [0.1, 0.15) is 0 Å². The Balaban J connectivity index is 1.61. The lowest BCUT2D eigenvalue weighted by molar-refractivity contribution is -0.0548. The molecule has 0 radical (unpaired) electrons. The molecule has 2 saturated heterocycles. The molecule has 0 aliphatic carbocycles. The molecule has 2 aliphatic rings. The molecule has 5 heteroatoms. The molecule has 2 atom stereocenters. The zero-order valence-corrected chi connectivity index (χ0v) is 13.2. The minimum Gasteiger partial charge on any atom is -0.373 e. The summed E-state index contributed by atoms with van der Waals surface area (Å²) in [7, 11) is 0. The topological polar surface area (TPSA) is 33.2 Å². The van der Waals surface area contributed by atoms with Crippen LogP contribution in [0.4, 0.5) is 0 Å². The minimum absolute atomic E-state index is 0.241. The van der Waals surface area contributed by atoms with Crippen molar-refractivity contribution in [3.8, 4) is 0 Å². The van der Waals surface area contributed by atoms with Crippen molar-refractivity contribution in [2.45, 2.75) is 38.5 Å². The van der Waals surface area contributed by atoms with Gasteiger partial charge in [-0.1, -0.05) is 6.07 Å². The molecular weight excluding hydrogens is 282 g/mol. The molecule has 1 N–H and O–H groups in total. The highest BCUT2D eigenvalue weighted by Gasteiger charge is 2.32. The van der Waals surface area contributed by atoms with Gasteiger partial charge in [0.15, 0.2) is 4.77 Å². The number of nitrogens with zero attached hydrogens (tertiary/aromatic N) is 2. The quantitative estimate of drug-likeness (QED) is 0.866. The third kappa shape index (κ3) is 2.43. The average molecular weight is 303 g/mol. The highest BCUT2D eigenvalue weighted by molar-refractivity contribution is 7.71. The van der Waals surface area contributed by atoms with Gasteiger partial charge in [0.05, 0.1) is 30.3 Å². The molecule has 0 amide bonds. The number of benzene rings is 1. The summed E-state index contributed by atoms with van der Waals surface area (Å²) in [4.78, 5) is 5.88. The summed E-state index contributed by atoms with van der Waals surface area (Å²) in [5, 5.41) is 0. The van der Waals surface area contributed by atoms with E-state index in [9.17, 15) is 0 Å². The molecule has 4 nitrogen and oxygen atoms in total. The second-order valence-electron chi connectivity index (χ2n) is 6.31. The smallest absolute Gasteiger partial charge is 0.178 e. The maximum Gasteiger partial charge on any atom is 0.178 e. The maximum absolute atomic E-state index is 6.08. The number of hydrogen-bond donors (Lipinski definition) is 1.